The van der Waals surface area contributed by atoms with Gasteiger partial charge in [-0.3, -0.25) is 9.48 Å². The fourth-order valence-corrected chi connectivity index (χ4v) is 2.62. The maximum atomic E-state index is 12.9. The highest BCUT2D eigenvalue weighted by atomic mass is 35.5. The summed E-state index contributed by atoms with van der Waals surface area (Å²) in [6.45, 7) is 7.68. The SMILES string of the molecule is Cc1nn(CC(C)C)c(Cl)c1C(=O)O[C@@H](C)C(=O)Nc1ccc(F)cc1. The first-order valence-electron chi connectivity index (χ1n) is 8.19. The topological polar surface area (TPSA) is 73.2 Å². The zero-order valence-corrected chi connectivity index (χ0v) is 15.8. The van der Waals surface area contributed by atoms with Crippen molar-refractivity contribution in [3.05, 3.63) is 46.5 Å². The minimum atomic E-state index is -1.06. The standard InChI is InChI=1S/C18H21ClFN3O3/c1-10(2)9-23-16(19)15(11(3)22-23)18(25)26-12(4)17(24)21-14-7-5-13(20)6-8-14/h5-8,10,12H,9H2,1-4H3,(H,21,24)/t12-/m0/s1. The third-order valence-corrected chi connectivity index (χ3v) is 3.96. The first-order chi connectivity index (χ1) is 12.2. The van der Waals surface area contributed by atoms with Crippen molar-refractivity contribution in [1.82, 2.24) is 9.78 Å². The van der Waals surface area contributed by atoms with Gasteiger partial charge in [-0.25, -0.2) is 9.18 Å². The lowest BCUT2D eigenvalue weighted by atomic mass is 10.2. The van der Waals surface area contributed by atoms with Crippen LogP contribution in [0.5, 0.6) is 0 Å². The van der Waals surface area contributed by atoms with Gasteiger partial charge in [-0.15, -0.1) is 0 Å². The molecular formula is C18H21ClFN3O3. The molecule has 0 saturated carbocycles. The fourth-order valence-electron chi connectivity index (χ4n) is 2.30. The molecule has 1 heterocycles. The number of halogens is 2. The molecule has 1 atom stereocenters. The van der Waals surface area contributed by atoms with E-state index in [4.69, 9.17) is 16.3 Å². The third kappa shape index (κ3) is 4.82. The molecule has 0 aliphatic heterocycles. The van der Waals surface area contributed by atoms with E-state index in [9.17, 15) is 14.0 Å². The number of aromatic nitrogens is 2. The molecule has 0 fully saturated rings. The lowest BCUT2D eigenvalue weighted by Gasteiger charge is -2.13. The average Bonchev–Trinajstić information content (AvgIpc) is 2.82. The number of carbonyl (C=O) groups excluding carboxylic acids is 2. The predicted octanol–water partition coefficient (Wildman–Crippen LogP) is 3.82. The molecule has 6 nitrogen and oxygen atoms in total. The number of amides is 1. The van der Waals surface area contributed by atoms with Crippen LogP contribution in [0.4, 0.5) is 10.1 Å². The van der Waals surface area contributed by atoms with Gasteiger partial charge in [0, 0.05) is 12.2 Å². The zero-order chi connectivity index (χ0) is 19.4. The number of rotatable bonds is 6. The van der Waals surface area contributed by atoms with E-state index in [0.29, 0.717) is 23.8 Å². The van der Waals surface area contributed by atoms with Crippen LogP contribution < -0.4 is 5.32 Å². The fraction of sp³-hybridized carbons (Fsp3) is 0.389. The Morgan fingerprint density at radius 3 is 2.46 bits per heavy atom. The van der Waals surface area contributed by atoms with Gasteiger partial charge in [0.1, 0.15) is 16.5 Å². The van der Waals surface area contributed by atoms with Gasteiger partial charge in [0.2, 0.25) is 0 Å². The number of nitrogens with one attached hydrogen (secondary N) is 1. The van der Waals surface area contributed by atoms with Crippen LogP contribution in [0.25, 0.3) is 0 Å². The second kappa shape index (κ2) is 8.31. The van der Waals surface area contributed by atoms with E-state index in [1.165, 1.54) is 31.2 Å². The number of carbonyl (C=O) groups is 2. The third-order valence-electron chi connectivity index (χ3n) is 3.57. The van der Waals surface area contributed by atoms with Gasteiger partial charge in [0.25, 0.3) is 5.91 Å². The Morgan fingerprint density at radius 2 is 1.88 bits per heavy atom. The molecule has 1 aromatic heterocycles. The lowest BCUT2D eigenvalue weighted by molar-refractivity contribution is -0.123. The lowest BCUT2D eigenvalue weighted by Crippen LogP contribution is -2.30. The molecule has 140 valence electrons. The van der Waals surface area contributed by atoms with E-state index in [1.54, 1.807) is 11.6 Å². The molecule has 1 aromatic carbocycles. The number of anilines is 1. The summed E-state index contributed by atoms with van der Waals surface area (Å²) in [5.41, 5.74) is 0.985. The van der Waals surface area contributed by atoms with E-state index in [1.807, 2.05) is 13.8 Å². The minimum absolute atomic E-state index is 0.147. The van der Waals surface area contributed by atoms with Crippen molar-refractivity contribution in [2.24, 2.45) is 5.92 Å². The number of esters is 1. The highest BCUT2D eigenvalue weighted by molar-refractivity contribution is 6.32. The van der Waals surface area contributed by atoms with E-state index in [0.717, 1.165) is 0 Å². The second-order valence-corrected chi connectivity index (χ2v) is 6.73. The Balaban J connectivity index is 2.05. The van der Waals surface area contributed by atoms with Crippen molar-refractivity contribution in [2.45, 2.75) is 40.3 Å². The Bertz CT molecular complexity index is 803. The number of aryl methyl sites for hydroxylation is 1. The maximum Gasteiger partial charge on any atom is 0.343 e. The molecule has 0 radical (unpaired) electrons. The van der Waals surface area contributed by atoms with Crippen molar-refractivity contribution < 1.29 is 18.7 Å². The van der Waals surface area contributed by atoms with Crippen LogP contribution in [0.2, 0.25) is 5.15 Å². The van der Waals surface area contributed by atoms with E-state index < -0.39 is 23.8 Å². The Morgan fingerprint density at radius 1 is 1.27 bits per heavy atom. The summed E-state index contributed by atoms with van der Waals surface area (Å²) in [5.74, 6) is -1.36. The van der Waals surface area contributed by atoms with Crippen LogP contribution in [0.1, 0.15) is 36.8 Å². The van der Waals surface area contributed by atoms with Gasteiger partial charge in [0.15, 0.2) is 6.10 Å². The molecule has 2 aromatic rings. The molecule has 0 unspecified atom stereocenters. The summed E-state index contributed by atoms with van der Waals surface area (Å²) >= 11 is 6.24. The molecule has 0 bridgehead atoms. The van der Waals surface area contributed by atoms with Crippen molar-refractivity contribution in [2.75, 3.05) is 5.32 Å². The number of benzene rings is 1. The Labute approximate surface area is 156 Å². The summed E-state index contributed by atoms with van der Waals surface area (Å²) in [4.78, 5) is 24.6. The number of nitrogens with zero attached hydrogens (tertiary/aromatic N) is 2. The van der Waals surface area contributed by atoms with Crippen molar-refractivity contribution >= 4 is 29.2 Å². The largest absolute Gasteiger partial charge is 0.449 e. The summed E-state index contributed by atoms with van der Waals surface area (Å²) < 4.78 is 19.7. The first-order valence-corrected chi connectivity index (χ1v) is 8.57. The summed E-state index contributed by atoms with van der Waals surface area (Å²) in [6, 6.07) is 5.27. The Kier molecular flexibility index (Phi) is 6.37. The summed E-state index contributed by atoms with van der Waals surface area (Å²) in [5, 5.41) is 6.98. The van der Waals surface area contributed by atoms with Gasteiger partial charge in [0.05, 0.1) is 5.69 Å². The number of hydrogen-bond donors (Lipinski definition) is 1. The molecule has 2 rings (SSSR count). The molecule has 0 spiro atoms. The highest BCUT2D eigenvalue weighted by Crippen LogP contribution is 2.22. The minimum Gasteiger partial charge on any atom is -0.449 e. The normalized spacial score (nSPS) is 12.1. The van der Waals surface area contributed by atoms with Crippen LogP contribution in [-0.2, 0) is 16.1 Å². The van der Waals surface area contributed by atoms with Crippen molar-refractivity contribution in [3.8, 4) is 0 Å². The van der Waals surface area contributed by atoms with Crippen LogP contribution in [0.15, 0.2) is 24.3 Å². The quantitative estimate of drug-likeness (QED) is 0.772. The molecular weight excluding hydrogens is 361 g/mol. The predicted molar refractivity (Wildman–Crippen MR) is 96.7 cm³/mol. The number of ether oxygens (including phenoxy) is 1. The van der Waals surface area contributed by atoms with Gasteiger partial charge in [-0.1, -0.05) is 25.4 Å². The van der Waals surface area contributed by atoms with E-state index in [2.05, 4.69) is 10.4 Å². The van der Waals surface area contributed by atoms with Gasteiger partial charge >= 0.3 is 5.97 Å². The number of hydrogen-bond acceptors (Lipinski definition) is 4. The van der Waals surface area contributed by atoms with Crippen LogP contribution in [0.3, 0.4) is 0 Å². The smallest absolute Gasteiger partial charge is 0.343 e. The van der Waals surface area contributed by atoms with Crippen LogP contribution in [0, 0.1) is 18.7 Å². The molecule has 1 N–H and O–H groups in total. The summed E-state index contributed by atoms with van der Waals surface area (Å²) in [7, 11) is 0. The van der Waals surface area contributed by atoms with Crippen molar-refractivity contribution in [1.29, 1.82) is 0 Å². The van der Waals surface area contributed by atoms with Crippen molar-refractivity contribution in [3.63, 3.8) is 0 Å². The van der Waals surface area contributed by atoms with E-state index in [-0.39, 0.29) is 10.7 Å². The average molecular weight is 382 g/mol. The Hall–Kier alpha value is -2.41. The monoisotopic (exact) mass is 381 g/mol. The van der Waals surface area contributed by atoms with Gasteiger partial charge in [-0.05, 0) is 44.0 Å². The second-order valence-electron chi connectivity index (χ2n) is 6.37. The molecule has 0 saturated heterocycles. The summed E-state index contributed by atoms with van der Waals surface area (Å²) in [6.07, 6.45) is -1.06. The highest BCUT2D eigenvalue weighted by Gasteiger charge is 2.26. The molecule has 26 heavy (non-hydrogen) atoms. The van der Waals surface area contributed by atoms with Gasteiger partial charge in [-0.2, -0.15) is 5.10 Å². The van der Waals surface area contributed by atoms with Crippen LogP contribution in [-0.4, -0.2) is 27.8 Å². The van der Waals surface area contributed by atoms with Gasteiger partial charge < -0.3 is 10.1 Å². The molecule has 8 heteroatoms. The van der Waals surface area contributed by atoms with E-state index >= 15 is 0 Å². The molecule has 0 aliphatic carbocycles. The molecule has 1 amide bonds. The molecule has 0 aliphatic rings. The zero-order valence-electron chi connectivity index (χ0n) is 15.0. The first kappa shape index (κ1) is 19.9. The maximum absolute atomic E-state index is 12.9. The van der Waals surface area contributed by atoms with Crippen LogP contribution >= 0.6 is 11.6 Å².